The predicted molar refractivity (Wildman–Crippen MR) is 79.5 cm³/mol. The maximum Gasteiger partial charge on any atom is 0.251 e. The SMILES string of the molecule is Cc1cc(C(=O)NC2(C)CCCC2)ccc1C#CCO. The van der Waals surface area contributed by atoms with E-state index >= 15 is 0 Å². The van der Waals surface area contributed by atoms with E-state index in [4.69, 9.17) is 5.11 Å². The number of aliphatic hydroxyl groups is 1. The van der Waals surface area contributed by atoms with Gasteiger partial charge in [0, 0.05) is 16.7 Å². The molecule has 20 heavy (non-hydrogen) atoms. The average Bonchev–Trinajstić information content (AvgIpc) is 2.83. The molecule has 0 bridgehead atoms. The second-order valence-corrected chi connectivity index (χ2v) is 5.71. The van der Waals surface area contributed by atoms with Crippen molar-refractivity contribution in [1.29, 1.82) is 0 Å². The number of hydrogen-bond donors (Lipinski definition) is 2. The summed E-state index contributed by atoms with van der Waals surface area (Å²) in [4.78, 5) is 12.3. The Balaban J connectivity index is 2.13. The molecule has 1 aliphatic rings. The lowest BCUT2D eigenvalue weighted by molar-refractivity contribution is 0.0908. The van der Waals surface area contributed by atoms with Gasteiger partial charge in [-0.05, 0) is 50.5 Å². The van der Waals surface area contributed by atoms with Gasteiger partial charge in [-0.3, -0.25) is 4.79 Å². The molecule has 1 aromatic rings. The third kappa shape index (κ3) is 3.40. The highest BCUT2D eigenvalue weighted by Gasteiger charge is 2.30. The summed E-state index contributed by atoms with van der Waals surface area (Å²) < 4.78 is 0. The van der Waals surface area contributed by atoms with Crippen molar-refractivity contribution in [3.63, 3.8) is 0 Å². The fraction of sp³-hybridized carbons (Fsp3) is 0.471. The normalized spacial score (nSPS) is 16.4. The van der Waals surface area contributed by atoms with Crippen molar-refractivity contribution in [2.45, 2.75) is 45.1 Å². The molecule has 0 spiro atoms. The van der Waals surface area contributed by atoms with Crippen LogP contribution >= 0.6 is 0 Å². The lowest BCUT2D eigenvalue weighted by Gasteiger charge is -2.25. The van der Waals surface area contributed by atoms with E-state index in [1.807, 2.05) is 19.1 Å². The van der Waals surface area contributed by atoms with E-state index in [9.17, 15) is 4.79 Å². The number of nitrogens with one attached hydrogen (secondary N) is 1. The van der Waals surface area contributed by atoms with Gasteiger partial charge >= 0.3 is 0 Å². The van der Waals surface area contributed by atoms with E-state index in [0.717, 1.165) is 24.0 Å². The van der Waals surface area contributed by atoms with Crippen LogP contribution in [0.3, 0.4) is 0 Å². The Kier molecular flexibility index (Phi) is 4.46. The minimum absolute atomic E-state index is 0.0147. The molecule has 106 valence electrons. The molecule has 0 unspecified atom stereocenters. The van der Waals surface area contributed by atoms with Crippen LogP contribution in [-0.2, 0) is 0 Å². The first-order chi connectivity index (χ1) is 9.54. The van der Waals surface area contributed by atoms with E-state index in [1.165, 1.54) is 12.8 Å². The maximum absolute atomic E-state index is 12.3. The topological polar surface area (TPSA) is 49.3 Å². The first kappa shape index (κ1) is 14.6. The molecular formula is C17H21NO2. The second kappa shape index (κ2) is 6.11. The van der Waals surface area contributed by atoms with Crippen LogP contribution in [0.15, 0.2) is 18.2 Å². The fourth-order valence-corrected chi connectivity index (χ4v) is 2.71. The highest BCUT2D eigenvalue weighted by molar-refractivity contribution is 5.95. The van der Waals surface area contributed by atoms with E-state index in [0.29, 0.717) is 5.56 Å². The van der Waals surface area contributed by atoms with E-state index in [1.54, 1.807) is 6.07 Å². The molecule has 3 heteroatoms. The van der Waals surface area contributed by atoms with E-state index in [-0.39, 0.29) is 18.1 Å². The zero-order valence-corrected chi connectivity index (χ0v) is 12.1. The second-order valence-electron chi connectivity index (χ2n) is 5.71. The quantitative estimate of drug-likeness (QED) is 0.812. The Morgan fingerprint density at radius 1 is 1.40 bits per heavy atom. The highest BCUT2D eigenvalue weighted by Crippen LogP contribution is 2.29. The zero-order chi connectivity index (χ0) is 14.6. The van der Waals surface area contributed by atoms with Gasteiger partial charge in [-0.2, -0.15) is 0 Å². The molecular weight excluding hydrogens is 250 g/mol. The van der Waals surface area contributed by atoms with E-state index in [2.05, 4.69) is 24.1 Å². The molecule has 0 aromatic heterocycles. The molecule has 0 atom stereocenters. The molecule has 3 nitrogen and oxygen atoms in total. The number of aliphatic hydroxyl groups excluding tert-OH is 1. The lowest BCUT2D eigenvalue weighted by atomic mass is 9.99. The number of hydrogen-bond acceptors (Lipinski definition) is 2. The van der Waals surface area contributed by atoms with Gasteiger partial charge in [0.2, 0.25) is 0 Å². The standard InChI is InChI=1S/C17H21NO2/c1-13-12-15(8-7-14(13)6-5-11-19)16(20)18-17(2)9-3-4-10-17/h7-8,12,19H,3-4,9-11H2,1-2H3,(H,18,20). The molecule has 0 heterocycles. The van der Waals surface area contributed by atoms with Gasteiger partial charge in [-0.15, -0.1) is 0 Å². The zero-order valence-electron chi connectivity index (χ0n) is 12.1. The molecule has 0 saturated heterocycles. The van der Waals surface area contributed by atoms with Crippen LogP contribution in [0.25, 0.3) is 0 Å². The third-order valence-corrected chi connectivity index (χ3v) is 3.91. The third-order valence-electron chi connectivity index (χ3n) is 3.91. The van der Waals surface area contributed by atoms with Crippen molar-refractivity contribution in [2.24, 2.45) is 0 Å². The number of aryl methyl sites for hydroxylation is 1. The first-order valence-corrected chi connectivity index (χ1v) is 7.07. The predicted octanol–water partition coefficient (Wildman–Crippen LogP) is 2.40. The van der Waals surface area contributed by atoms with Gasteiger partial charge < -0.3 is 10.4 Å². The summed E-state index contributed by atoms with van der Waals surface area (Å²) in [6.07, 6.45) is 4.48. The highest BCUT2D eigenvalue weighted by atomic mass is 16.2. The molecule has 1 fully saturated rings. The van der Waals surface area contributed by atoms with Crippen LogP contribution in [0.5, 0.6) is 0 Å². The first-order valence-electron chi connectivity index (χ1n) is 7.07. The Hall–Kier alpha value is -1.79. The van der Waals surface area contributed by atoms with Crippen molar-refractivity contribution in [2.75, 3.05) is 6.61 Å². The summed E-state index contributed by atoms with van der Waals surface area (Å²) in [6.45, 7) is 3.89. The van der Waals surface area contributed by atoms with Crippen LogP contribution < -0.4 is 5.32 Å². The number of carbonyl (C=O) groups is 1. The number of amides is 1. The van der Waals surface area contributed by atoms with Crippen LogP contribution in [0.1, 0.15) is 54.1 Å². The average molecular weight is 271 g/mol. The summed E-state index contributed by atoms with van der Waals surface area (Å²) in [5.41, 5.74) is 2.42. The summed E-state index contributed by atoms with van der Waals surface area (Å²) in [5.74, 6) is 5.49. The van der Waals surface area contributed by atoms with Crippen molar-refractivity contribution >= 4 is 5.91 Å². The minimum atomic E-state index is -0.153. The maximum atomic E-state index is 12.3. The van der Waals surface area contributed by atoms with Crippen LogP contribution in [0.4, 0.5) is 0 Å². The van der Waals surface area contributed by atoms with Crippen molar-refractivity contribution in [3.8, 4) is 11.8 Å². The molecule has 1 amide bonds. The number of rotatable bonds is 2. The van der Waals surface area contributed by atoms with Gasteiger partial charge in [0.1, 0.15) is 6.61 Å². The monoisotopic (exact) mass is 271 g/mol. The van der Waals surface area contributed by atoms with Gasteiger partial charge in [0.05, 0.1) is 0 Å². The summed E-state index contributed by atoms with van der Waals surface area (Å²) >= 11 is 0. The Morgan fingerprint density at radius 2 is 2.10 bits per heavy atom. The fourth-order valence-electron chi connectivity index (χ4n) is 2.71. The van der Waals surface area contributed by atoms with Crippen molar-refractivity contribution < 1.29 is 9.90 Å². The molecule has 0 radical (unpaired) electrons. The minimum Gasteiger partial charge on any atom is -0.384 e. The van der Waals surface area contributed by atoms with E-state index < -0.39 is 0 Å². The van der Waals surface area contributed by atoms with Crippen LogP contribution in [0, 0.1) is 18.8 Å². The smallest absolute Gasteiger partial charge is 0.251 e. The summed E-state index contributed by atoms with van der Waals surface area (Å²) in [7, 11) is 0. The van der Waals surface area contributed by atoms with Crippen LogP contribution in [0.2, 0.25) is 0 Å². The Bertz CT molecular complexity index is 560. The lowest BCUT2D eigenvalue weighted by Crippen LogP contribution is -2.43. The Labute approximate surface area is 120 Å². The van der Waals surface area contributed by atoms with Gasteiger partial charge in [-0.1, -0.05) is 24.7 Å². The largest absolute Gasteiger partial charge is 0.384 e. The summed E-state index contributed by atoms with van der Waals surface area (Å²) in [6, 6.07) is 5.49. The molecule has 2 rings (SSSR count). The molecule has 0 aliphatic heterocycles. The summed E-state index contributed by atoms with van der Waals surface area (Å²) in [5, 5.41) is 11.9. The van der Waals surface area contributed by atoms with Gasteiger partial charge in [0.15, 0.2) is 0 Å². The molecule has 2 N–H and O–H groups in total. The number of carbonyl (C=O) groups excluding carboxylic acids is 1. The molecule has 1 aromatic carbocycles. The van der Waals surface area contributed by atoms with Crippen molar-refractivity contribution in [1.82, 2.24) is 5.32 Å². The number of benzene rings is 1. The molecule has 1 saturated carbocycles. The molecule has 1 aliphatic carbocycles. The van der Waals surface area contributed by atoms with Crippen LogP contribution in [-0.4, -0.2) is 23.2 Å². The van der Waals surface area contributed by atoms with Gasteiger partial charge in [0.25, 0.3) is 5.91 Å². The van der Waals surface area contributed by atoms with Gasteiger partial charge in [-0.25, -0.2) is 0 Å². The van der Waals surface area contributed by atoms with Crippen molar-refractivity contribution in [3.05, 3.63) is 34.9 Å². The Morgan fingerprint density at radius 3 is 2.70 bits per heavy atom.